The maximum Gasteiger partial charge on any atom is 0.272 e. The third-order valence-electron chi connectivity index (χ3n) is 3.88. The Morgan fingerprint density at radius 3 is 2.95 bits per heavy atom. The Labute approximate surface area is 123 Å². The van der Waals surface area contributed by atoms with Crippen molar-refractivity contribution >= 4 is 11.4 Å². The van der Waals surface area contributed by atoms with E-state index in [9.17, 15) is 10.1 Å². The number of fused-ring (bicyclic) bond motifs is 1. The molecule has 1 N–H and O–H groups in total. The summed E-state index contributed by atoms with van der Waals surface area (Å²) in [5, 5.41) is 14.3. The summed E-state index contributed by atoms with van der Waals surface area (Å²) in [7, 11) is 0. The number of anilines is 1. The molecule has 6 heteroatoms. The summed E-state index contributed by atoms with van der Waals surface area (Å²) in [5.41, 5.74) is 2.83. The second kappa shape index (κ2) is 5.20. The summed E-state index contributed by atoms with van der Waals surface area (Å²) < 4.78 is 2.19. The molecule has 0 bridgehead atoms. The molecule has 0 fully saturated rings. The van der Waals surface area contributed by atoms with Crippen LogP contribution in [0.5, 0.6) is 0 Å². The molecule has 1 aliphatic heterocycles. The molecule has 1 aliphatic rings. The fourth-order valence-electron chi connectivity index (χ4n) is 2.89. The highest BCUT2D eigenvalue weighted by Crippen LogP contribution is 2.24. The molecule has 2 aromatic rings. The second-order valence-corrected chi connectivity index (χ2v) is 5.59. The second-order valence-electron chi connectivity index (χ2n) is 5.59. The number of rotatable bonds is 3. The monoisotopic (exact) mass is 286 g/mol. The van der Waals surface area contributed by atoms with Crippen molar-refractivity contribution in [2.24, 2.45) is 0 Å². The molecule has 1 aromatic heterocycles. The highest BCUT2D eigenvalue weighted by molar-refractivity contribution is 5.54. The lowest BCUT2D eigenvalue weighted by atomic mass is 10.1. The molecule has 0 aliphatic carbocycles. The number of aryl methyl sites for hydroxylation is 3. The number of imidazole rings is 1. The van der Waals surface area contributed by atoms with E-state index in [2.05, 4.69) is 21.1 Å². The van der Waals surface area contributed by atoms with E-state index in [1.54, 1.807) is 19.1 Å². The van der Waals surface area contributed by atoms with Crippen molar-refractivity contribution in [3.63, 3.8) is 0 Å². The third-order valence-corrected chi connectivity index (χ3v) is 3.88. The van der Waals surface area contributed by atoms with Crippen molar-refractivity contribution in [2.45, 2.75) is 39.3 Å². The molecule has 0 spiro atoms. The molecule has 0 saturated heterocycles. The van der Waals surface area contributed by atoms with Crippen molar-refractivity contribution in [3.05, 3.63) is 51.6 Å². The predicted octanol–water partition coefficient (Wildman–Crippen LogP) is 2.84. The first-order valence-corrected chi connectivity index (χ1v) is 7.07. The van der Waals surface area contributed by atoms with E-state index in [-0.39, 0.29) is 10.6 Å². The van der Waals surface area contributed by atoms with Gasteiger partial charge in [-0.15, -0.1) is 0 Å². The quantitative estimate of drug-likeness (QED) is 0.695. The van der Waals surface area contributed by atoms with Crippen molar-refractivity contribution < 1.29 is 4.92 Å². The molecule has 1 aromatic carbocycles. The lowest BCUT2D eigenvalue weighted by Crippen LogP contribution is -2.31. The Morgan fingerprint density at radius 1 is 1.43 bits per heavy atom. The summed E-state index contributed by atoms with van der Waals surface area (Å²) in [5.74, 6) is 1.14. The van der Waals surface area contributed by atoms with Crippen LogP contribution in [-0.2, 0) is 13.0 Å². The van der Waals surface area contributed by atoms with Crippen LogP contribution in [0.15, 0.2) is 24.4 Å². The van der Waals surface area contributed by atoms with Crippen LogP contribution < -0.4 is 5.32 Å². The normalized spacial score (nSPS) is 17.3. The maximum atomic E-state index is 10.8. The average Bonchev–Trinajstić information content (AvgIpc) is 2.77. The number of nitrogens with zero attached hydrogens (tertiary/aromatic N) is 3. The number of nitrogens with one attached hydrogen (secondary N) is 1. The van der Waals surface area contributed by atoms with E-state index >= 15 is 0 Å². The summed E-state index contributed by atoms with van der Waals surface area (Å²) in [6, 6.07) is 5.51. The van der Waals surface area contributed by atoms with Crippen LogP contribution in [0.1, 0.15) is 23.5 Å². The van der Waals surface area contributed by atoms with Crippen molar-refractivity contribution in [1.82, 2.24) is 9.55 Å². The number of hydrogen-bond donors (Lipinski definition) is 1. The van der Waals surface area contributed by atoms with Gasteiger partial charge in [0.1, 0.15) is 5.82 Å². The number of aromatic nitrogens is 2. The van der Waals surface area contributed by atoms with Gasteiger partial charge in [-0.2, -0.15) is 0 Å². The SMILES string of the molecule is Cc1cn2c(n1)CC[C@H](Nc1ccc([N+](=O)[O-])c(C)c1)C2. The molecular formula is C15H18N4O2. The van der Waals surface area contributed by atoms with Gasteiger partial charge in [0.2, 0.25) is 0 Å². The fourth-order valence-corrected chi connectivity index (χ4v) is 2.89. The van der Waals surface area contributed by atoms with Crippen LogP contribution in [0, 0.1) is 24.0 Å². The van der Waals surface area contributed by atoms with Crippen molar-refractivity contribution in [2.75, 3.05) is 5.32 Å². The molecule has 110 valence electrons. The summed E-state index contributed by atoms with van der Waals surface area (Å²) >= 11 is 0. The lowest BCUT2D eigenvalue weighted by Gasteiger charge is -2.25. The van der Waals surface area contributed by atoms with Gasteiger partial charge in [-0.25, -0.2) is 4.98 Å². The minimum absolute atomic E-state index is 0.164. The topological polar surface area (TPSA) is 73.0 Å². The van der Waals surface area contributed by atoms with Gasteiger partial charge in [-0.05, 0) is 32.4 Å². The van der Waals surface area contributed by atoms with Crippen LogP contribution in [0.25, 0.3) is 0 Å². The minimum Gasteiger partial charge on any atom is -0.380 e. The number of nitro benzene ring substituents is 1. The van der Waals surface area contributed by atoms with Crippen LogP contribution in [-0.4, -0.2) is 20.5 Å². The van der Waals surface area contributed by atoms with Crippen LogP contribution in [0.3, 0.4) is 0 Å². The Balaban J connectivity index is 1.73. The smallest absolute Gasteiger partial charge is 0.272 e. The van der Waals surface area contributed by atoms with E-state index in [0.29, 0.717) is 11.6 Å². The van der Waals surface area contributed by atoms with Gasteiger partial charge in [0, 0.05) is 42.5 Å². The Hall–Kier alpha value is -2.37. The molecule has 3 rings (SSSR count). The van der Waals surface area contributed by atoms with Gasteiger partial charge in [-0.1, -0.05) is 0 Å². The molecular weight excluding hydrogens is 268 g/mol. The van der Waals surface area contributed by atoms with Crippen LogP contribution in [0.2, 0.25) is 0 Å². The summed E-state index contributed by atoms with van der Waals surface area (Å²) in [4.78, 5) is 15.0. The molecule has 0 unspecified atom stereocenters. The van der Waals surface area contributed by atoms with E-state index in [0.717, 1.165) is 36.6 Å². The van der Waals surface area contributed by atoms with E-state index in [1.165, 1.54) is 0 Å². The van der Waals surface area contributed by atoms with E-state index in [1.807, 2.05) is 13.0 Å². The summed E-state index contributed by atoms with van der Waals surface area (Å²) in [6.07, 6.45) is 4.05. The fraction of sp³-hybridized carbons (Fsp3) is 0.400. The zero-order valence-corrected chi connectivity index (χ0v) is 12.2. The lowest BCUT2D eigenvalue weighted by molar-refractivity contribution is -0.385. The van der Waals surface area contributed by atoms with Gasteiger partial charge in [0.05, 0.1) is 10.6 Å². The first kappa shape index (κ1) is 13.6. The highest BCUT2D eigenvalue weighted by atomic mass is 16.6. The van der Waals surface area contributed by atoms with Gasteiger partial charge < -0.3 is 9.88 Å². The molecule has 1 atom stereocenters. The standard InChI is InChI=1S/C15H18N4O2/c1-10-7-12(3-5-14(10)19(20)21)17-13-4-6-15-16-11(2)8-18(15)9-13/h3,5,7-8,13,17H,4,6,9H2,1-2H3/t13-/m0/s1. The first-order chi connectivity index (χ1) is 10.0. The number of hydrogen-bond acceptors (Lipinski definition) is 4. The Kier molecular flexibility index (Phi) is 3.37. The zero-order chi connectivity index (χ0) is 15.0. The van der Waals surface area contributed by atoms with Gasteiger partial charge in [0.15, 0.2) is 0 Å². The molecule has 0 radical (unpaired) electrons. The van der Waals surface area contributed by atoms with Gasteiger partial charge >= 0.3 is 0 Å². The molecule has 0 amide bonds. The number of nitro groups is 1. The Morgan fingerprint density at radius 2 is 2.24 bits per heavy atom. The summed E-state index contributed by atoms with van der Waals surface area (Å²) in [6.45, 7) is 4.65. The minimum atomic E-state index is -0.347. The van der Waals surface area contributed by atoms with Crippen molar-refractivity contribution in [3.8, 4) is 0 Å². The van der Waals surface area contributed by atoms with Crippen molar-refractivity contribution in [1.29, 1.82) is 0 Å². The average molecular weight is 286 g/mol. The van der Waals surface area contributed by atoms with Crippen LogP contribution in [0.4, 0.5) is 11.4 Å². The van der Waals surface area contributed by atoms with E-state index in [4.69, 9.17) is 0 Å². The third kappa shape index (κ3) is 2.74. The van der Waals surface area contributed by atoms with Gasteiger partial charge in [0.25, 0.3) is 5.69 Å². The molecule has 21 heavy (non-hydrogen) atoms. The largest absolute Gasteiger partial charge is 0.380 e. The molecule has 2 heterocycles. The number of benzene rings is 1. The zero-order valence-electron chi connectivity index (χ0n) is 12.2. The highest BCUT2D eigenvalue weighted by Gasteiger charge is 2.20. The maximum absolute atomic E-state index is 10.8. The van der Waals surface area contributed by atoms with E-state index < -0.39 is 0 Å². The molecule has 0 saturated carbocycles. The predicted molar refractivity (Wildman–Crippen MR) is 80.5 cm³/mol. The first-order valence-electron chi connectivity index (χ1n) is 7.07. The van der Waals surface area contributed by atoms with Crippen LogP contribution >= 0.6 is 0 Å². The molecule has 6 nitrogen and oxygen atoms in total. The Bertz CT molecular complexity index is 693. The van der Waals surface area contributed by atoms with Gasteiger partial charge in [-0.3, -0.25) is 10.1 Å².